The van der Waals surface area contributed by atoms with E-state index >= 15 is 0 Å². The Morgan fingerprint density at radius 3 is 2.43 bits per heavy atom. The van der Waals surface area contributed by atoms with Gasteiger partial charge in [0.05, 0.1) is 15.6 Å². The van der Waals surface area contributed by atoms with Crippen LogP contribution in [-0.2, 0) is 17.8 Å². The molecule has 6 heteroatoms. The number of phenolic OH excluding ortho intramolecular Hbond substituents is 2. The molecule has 0 amide bonds. The molecule has 0 spiro atoms. The van der Waals surface area contributed by atoms with Crippen LogP contribution in [0.15, 0.2) is 42.5 Å². The molecule has 1 aromatic heterocycles. The van der Waals surface area contributed by atoms with Crippen LogP contribution < -0.4 is 0 Å². The van der Waals surface area contributed by atoms with Gasteiger partial charge in [-0.25, -0.2) is 0 Å². The third-order valence-corrected chi connectivity index (χ3v) is 4.94. The van der Waals surface area contributed by atoms with Crippen LogP contribution in [0.1, 0.15) is 11.1 Å². The molecule has 1 heterocycles. The van der Waals surface area contributed by atoms with Gasteiger partial charge in [-0.15, -0.1) is 0 Å². The molecule has 0 saturated heterocycles. The zero-order chi connectivity index (χ0) is 16.6. The Kier molecular flexibility index (Phi) is 4.16. The minimum atomic E-state index is -0.935. The average Bonchev–Trinajstić information content (AvgIpc) is 2.76. The van der Waals surface area contributed by atoms with Gasteiger partial charge in [-0.1, -0.05) is 18.2 Å². The van der Waals surface area contributed by atoms with Gasteiger partial charge in [0.15, 0.2) is 0 Å². The summed E-state index contributed by atoms with van der Waals surface area (Å²) >= 11 is 2.12. The van der Waals surface area contributed by atoms with Gasteiger partial charge in [0.25, 0.3) is 0 Å². The number of benzene rings is 2. The van der Waals surface area contributed by atoms with E-state index in [4.69, 9.17) is 5.11 Å². The second-order valence-electron chi connectivity index (χ2n) is 5.26. The van der Waals surface area contributed by atoms with Crippen molar-refractivity contribution < 1.29 is 20.1 Å². The van der Waals surface area contributed by atoms with Crippen molar-refractivity contribution in [3.8, 4) is 11.5 Å². The molecule has 3 aromatic rings. The van der Waals surface area contributed by atoms with Gasteiger partial charge in [0, 0.05) is 17.5 Å². The van der Waals surface area contributed by atoms with E-state index in [2.05, 4.69) is 22.6 Å². The van der Waals surface area contributed by atoms with Gasteiger partial charge < -0.3 is 19.9 Å². The summed E-state index contributed by atoms with van der Waals surface area (Å²) in [6, 6.07) is 12.0. The van der Waals surface area contributed by atoms with Gasteiger partial charge >= 0.3 is 5.97 Å². The molecule has 0 radical (unpaired) electrons. The average molecular weight is 423 g/mol. The number of hydrogen-bond donors (Lipinski definition) is 3. The van der Waals surface area contributed by atoms with E-state index < -0.39 is 5.97 Å². The number of nitrogens with zero attached hydrogens (tertiary/aromatic N) is 1. The zero-order valence-corrected chi connectivity index (χ0v) is 14.2. The standard InChI is InChI=1S/C17H14INO4/c18-17-12(8-15(22)23)16-13(2-1-3-14(16)21)19(17)9-10-4-6-11(20)7-5-10/h1-7,20-21H,8-9H2,(H,22,23). The quantitative estimate of drug-likeness (QED) is 0.563. The molecule has 0 unspecified atom stereocenters. The number of fused-ring (bicyclic) bond motifs is 1. The fourth-order valence-electron chi connectivity index (χ4n) is 2.69. The van der Waals surface area contributed by atoms with Crippen LogP contribution in [0.3, 0.4) is 0 Å². The van der Waals surface area contributed by atoms with Crippen LogP contribution in [0.25, 0.3) is 10.9 Å². The number of carboxylic acid groups (broad SMARTS) is 1. The molecule has 3 rings (SSSR count). The number of carboxylic acids is 1. The molecule has 0 aliphatic heterocycles. The lowest BCUT2D eigenvalue weighted by Crippen LogP contribution is -2.05. The summed E-state index contributed by atoms with van der Waals surface area (Å²) in [7, 11) is 0. The number of halogens is 1. The molecular formula is C17H14INO4. The molecule has 0 aliphatic carbocycles. The Balaban J connectivity index is 2.16. The summed E-state index contributed by atoms with van der Waals surface area (Å²) in [5.74, 6) is -0.652. The van der Waals surface area contributed by atoms with E-state index in [9.17, 15) is 15.0 Å². The molecule has 0 aliphatic rings. The highest BCUT2D eigenvalue weighted by Gasteiger charge is 2.20. The molecular weight excluding hydrogens is 409 g/mol. The first kappa shape index (κ1) is 15.7. The molecule has 0 bridgehead atoms. The number of rotatable bonds is 4. The van der Waals surface area contributed by atoms with Gasteiger partial charge in [-0.05, 0) is 52.4 Å². The van der Waals surface area contributed by atoms with Crippen molar-refractivity contribution in [2.75, 3.05) is 0 Å². The molecule has 118 valence electrons. The Bertz CT molecular complexity index is 884. The van der Waals surface area contributed by atoms with Crippen LogP contribution >= 0.6 is 22.6 Å². The van der Waals surface area contributed by atoms with E-state index in [0.717, 1.165) is 14.8 Å². The summed E-state index contributed by atoms with van der Waals surface area (Å²) in [5.41, 5.74) is 2.38. The van der Waals surface area contributed by atoms with Crippen molar-refractivity contribution in [3.63, 3.8) is 0 Å². The number of phenols is 2. The third-order valence-electron chi connectivity index (χ3n) is 3.70. The zero-order valence-electron chi connectivity index (χ0n) is 12.0. The third kappa shape index (κ3) is 2.98. The topological polar surface area (TPSA) is 82.7 Å². The van der Waals surface area contributed by atoms with E-state index in [1.54, 1.807) is 24.3 Å². The Hall–Kier alpha value is -2.22. The van der Waals surface area contributed by atoms with Crippen LogP contribution in [0.2, 0.25) is 0 Å². The summed E-state index contributed by atoms with van der Waals surface area (Å²) in [6.07, 6.45) is -0.144. The predicted octanol–water partition coefficient (Wildman–Crippen LogP) is 3.33. The second kappa shape index (κ2) is 6.11. The number of hydrogen-bond acceptors (Lipinski definition) is 3. The van der Waals surface area contributed by atoms with E-state index in [-0.39, 0.29) is 17.9 Å². The normalized spacial score (nSPS) is 11.0. The van der Waals surface area contributed by atoms with E-state index in [1.165, 1.54) is 0 Å². The molecule has 3 N–H and O–H groups in total. The van der Waals surface area contributed by atoms with Crippen LogP contribution in [0, 0.1) is 3.70 Å². The van der Waals surface area contributed by atoms with E-state index in [0.29, 0.717) is 17.5 Å². The van der Waals surface area contributed by atoms with Gasteiger partial charge in [0.1, 0.15) is 11.5 Å². The van der Waals surface area contributed by atoms with Gasteiger partial charge in [-0.3, -0.25) is 4.79 Å². The van der Waals surface area contributed by atoms with Crippen LogP contribution in [0.4, 0.5) is 0 Å². The summed E-state index contributed by atoms with van der Waals surface area (Å²) in [5, 5.41) is 29.3. The van der Waals surface area contributed by atoms with E-state index in [1.807, 2.05) is 22.8 Å². The fraction of sp³-hybridized carbons (Fsp3) is 0.118. The van der Waals surface area contributed by atoms with Crippen molar-refractivity contribution in [3.05, 3.63) is 57.3 Å². The first-order valence-electron chi connectivity index (χ1n) is 6.95. The maximum atomic E-state index is 11.2. The van der Waals surface area contributed by atoms with Crippen molar-refractivity contribution in [1.29, 1.82) is 0 Å². The SMILES string of the molecule is O=C(O)Cc1c(I)n(Cc2ccc(O)cc2)c2cccc(O)c12. The molecule has 5 nitrogen and oxygen atoms in total. The monoisotopic (exact) mass is 423 g/mol. The first-order valence-corrected chi connectivity index (χ1v) is 8.03. The maximum Gasteiger partial charge on any atom is 0.307 e. The summed E-state index contributed by atoms with van der Waals surface area (Å²) in [6.45, 7) is 0.526. The Morgan fingerprint density at radius 1 is 1.09 bits per heavy atom. The minimum absolute atomic E-state index is 0.0844. The van der Waals surface area contributed by atoms with Crippen LogP contribution in [-0.4, -0.2) is 25.9 Å². The summed E-state index contributed by atoms with van der Waals surface area (Å²) < 4.78 is 2.76. The predicted molar refractivity (Wildman–Crippen MR) is 94.9 cm³/mol. The highest BCUT2D eigenvalue weighted by molar-refractivity contribution is 14.1. The van der Waals surface area contributed by atoms with Crippen molar-refractivity contribution >= 4 is 39.5 Å². The number of aromatic nitrogens is 1. The molecule has 2 aromatic carbocycles. The minimum Gasteiger partial charge on any atom is -0.508 e. The number of aliphatic carboxylic acids is 1. The van der Waals surface area contributed by atoms with Crippen molar-refractivity contribution in [2.24, 2.45) is 0 Å². The molecule has 0 saturated carbocycles. The lowest BCUT2D eigenvalue weighted by atomic mass is 10.1. The van der Waals surface area contributed by atoms with Gasteiger partial charge in [0.2, 0.25) is 0 Å². The largest absolute Gasteiger partial charge is 0.508 e. The highest BCUT2D eigenvalue weighted by Crippen LogP contribution is 2.34. The summed E-state index contributed by atoms with van der Waals surface area (Å²) in [4.78, 5) is 11.2. The van der Waals surface area contributed by atoms with Crippen molar-refractivity contribution in [2.45, 2.75) is 13.0 Å². The lowest BCUT2D eigenvalue weighted by Gasteiger charge is -2.08. The molecule has 0 atom stereocenters. The smallest absolute Gasteiger partial charge is 0.307 e. The maximum absolute atomic E-state index is 11.2. The first-order chi connectivity index (χ1) is 11.0. The molecule has 0 fully saturated rings. The van der Waals surface area contributed by atoms with Gasteiger partial charge in [-0.2, -0.15) is 0 Å². The highest BCUT2D eigenvalue weighted by atomic mass is 127. The fourth-order valence-corrected chi connectivity index (χ4v) is 3.58. The molecule has 23 heavy (non-hydrogen) atoms. The Labute approximate surface area is 145 Å². The van der Waals surface area contributed by atoms with Crippen molar-refractivity contribution in [1.82, 2.24) is 4.57 Å². The lowest BCUT2D eigenvalue weighted by molar-refractivity contribution is -0.136. The van der Waals surface area contributed by atoms with Crippen LogP contribution in [0.5, 0.6) is 11.5 Å². The Morgan fingerprint density at radius 2 is 1.78 bits per heavy atom. The number of carbonyl (C=O) groups is 1. The second-order valence-corrected chi connectivity index (χ2v) is 6.29. The number of aromatic hydroxyl groups is 2.